The standard InChI is InChI=1S/C20H18Cl3NO.C20H16Cl3NO/c2*21-12-3-1-11(2-4-12)14-7-8-15-17(10-24-20(15)25)19(14)16-6-5-13(22)9-18(16)23/h1-6,9,14-15,17,19H,7-8,10H2,(H,24,25);1-9,14-15,17,19H,10H2,(H,24,25)/t2*14-,15+,17+,19+/m00/s1. The van der Waals surface area contributed by atoms with E-state index in [0.29, 0.717) is 44.1 Å². The van der Waals surface area contributed by atoms with Gasteiger partial charge in [0.1, 0.15) is 0 Å². The summed E-state index contributed by atoms with van der Waals surface area (Å²) < 4.78 is 0. The molecule has 2 heterocycles. The smallest absolute Gasteiger partial charge is 0.227 e. The third-order valence-corrected chi connectivity index (χ3v) is 12.5. The van der Waals surface area contributed by atoms with Crippen LogP contribution in [0.2, 0.25) is 30.1 Å². The number of carbonyl (C=O) groups is 2. The van der Waals surface area contributed by atoms with Crippen LogP contribution in [0.3, 0.4) is 0 Å². The zero-order chi connectivity index (χ0) is 35.1. The summed E-state index contributed by atoms with van der Waals surface area (Å²) in [5, 5.41) is 10.0. The molecule has 2 aliphatic carbocycles. The Balaban J connectivity index is 0.000000157. The van der Waals surface area contributed by atoms with Gasteiger partial charge in [0.15, 0.2) is 0 Å². The summed E-state index contributed by atoms with van der Waals surface area (Å²) in [4.78, 5) is 24.4. The Bertz CT molecular complexity index is 1930. The number of allylic oxidation sites excluding steroid dienone is 1. The second kappa shape index (κ2) is 15.1. The minimum absolute atomic E-state index is 0.0697. The number of nitrogens with one attached hydrogen (secondary N) is 2. The Morgan fingerprint density at radius 1 is 0.480 bits per heavy atom. The van der Waals surface area contributed by atoms with E-state index in [1.54, 1.807) is 12.1 Å². The van der Waals surface area contributed by atoms with Crippen molar-refractivity contribution >= 4 is 81.4 Å². The van der Waals surface area contributed by atoms with E-state index in [0.717, 1.165) is 34.6 Å². The summed E-state index contributed by atoms with van der Waals surface area (Å²) in [5.74, 6) is 1.36. The molecule has 3 fully saturated rings. The van der Waals surface area contributed by atoms with Crippen molar-refractivity contribution in [3.8, 4) is 0 Å². The van der Waals surface area contributed by atoms with Gasteiger partial charge in [0.25, 0.3) is 0 Å². The second-order valence-corrected chi connectivity index (χ2v) is 16.1. The van der Waals surface area contributed by atoms with E-state index in [1.165, 1.54) is 5.56 Å². The minimum Gasteiger partial charge on any atom is -0.356 e. The van der Waals surface area contributed by atoms with Crippen LogP contribution < -0.4 is 10.6 Å². The third-order valence-electron chi connectivity index (χ3n) is 10.9. The molecule has 0 radical (unpaired) electrons. The molecule has 1 saturated carbocycles. The number of carbonyl (C=O) groups excluding carboxylic acids is 2. The van der Waals surface area contributed by atoms with Crippen LogP contribution in [0.4, 0.5) is 0 Å². The predicted molar refractivity (Wildman–Crippen MR) is 205 cm³/mol. The highest BCUT2D eigenvalue weighted by atomic mass is 35.5. The lowest BCUT2D eigenvalue weighted by Crippen LogP contribution is -2.32. The number of fused-ring (bicyclic) bond motifs is 2. The Kier molecular flexibility index (Phi) is 10.8. The number of amides is 2. The summed E-state index contributed by atoms with van der Waals surface area (Å²) in [7, 11) is 0. The first-order valence-corrected chi connectivity index (χ1v) is 19.0. The number of hydrogen-bond acceptors (Lipinski definition) is 2. The van der Waals surface area contributed by atoms with E-state index < -0.39 is 0 Å². The maximum absolute atomic E-state index is 12.2. The summed E-state index contributed by atoms with van der Waals surface area (Å²) in [6.07, 6.45) is 6.03. The quantitative estimate of drug-likeness (QED) is 0.202. The lowest BCUT2D eigenvalue weighted by Gasteiger charge is -2.40. The van der Waals surface area contributed by atoms with Crippen LogP contribution in [0.1, 0.15) is 58.8 Å². The first kappa shape index (κ1) is 35.7. The zero-order valence-corrected chi connectivity index (χ0v) is 31.3. The molecule has 4 aromatic rings. The van der Waals surface area contributed by atoms with Gasteiger partial charge in [-0.2, -0.15) is 0 Å². The van der Waals surface area contributed by atoms with Crippen LogP contribution in [0.15, 0.2) is 97.1 Å². The number of benzene rings is 4. The fourth-order valence-corrected chi connectivity index (χ4v) is 9.93. The van der Waals surface area contributed by atoms with Gasteiger partial charge in [0, 0.05) is 61.0 Å². The topological polar surface area (TPSA) is 58.2 Å². The van der Waals surface area contributed by atoms with Crippen molar-refractivity contribution < 1.29 is 9.59 Å². The predicted octanol–water partition coefficient (Wildman–Crippen LogP) is 11.1. The van der Waals surface area contributed by atoms with Crippen molar-refractivity contribution in [2.45, 2.75) is 36.5 Å². The van der Waals surface area contributed by atoms with Crippen LogP contribution in [-0.2, 0) is 9.59 Å². The van der Waals surface area contributed by atoms with Crippen LogP contribution in [0, 0.1) is 23.7 Å². The van der Waals surface area contributed by atoms with Gasteiger partial charge in [-0.1, -0.05) is 118 Å². The monoisotopic (exact) mass is 784 g/mol. The van der Waals surface area contributed by atoms with Crippen LogP contribution in [-0.4, -0.2) is 24.9 Å². The molecule has 0 unspecified atom stereocenters. The maximum Gasteiger partial charge on any atom is 0.227 e. The molecule has 4 aliphatic rings. The van der Waals surface area contributed by atoms with Gasteiger partial charge >= 0.3 is 0 Å². The largest absolute Gasteiger partial charge is 0.356 e. The second-order valence-electron chi connectivity index (χ2n) is 13.5. The minimum atomic E-state index is -0.111. The fourth-order valence-electron chi connectivity index (χ4n) is 8.61. The SMILES string of the molecule is O=C1NC[C@H]2[C@@H](c3ccc(Cl)cc3Cl)[C@H](c3ccc(Cl)cc3)C=C[C@@H]12.O=C1NC[C@H]2[C@@H](c3ccc(Cl)cc3Cl)[C@H](c3ccc(Cl)cc3)CC[C@@H]12. The molecule has 50 heavy (non-hydrogen) atoms. The van der Waals surface area contributed by atoms with Gasteiger partial charge in [-0.3, -0.25) is 9.59 Å². The van der Waals surface area contributed by atoms with E-state index in [1.807, 2.05) is 66.7 Å². The molecule has 8 rings (SSSR count). The molecule has 2 amide bonds. The molecule has 0 bridgehead atoms. The molecule has 2 saturated heterocycles. The molecular formula is C40H34Cl6N2O2. The molecule has 2 aliphatic heterocycles. The molecule has 258 valence electrons. The Labute approximate surface area is 322 Å². The van der Waals surface area contributed by atoms with Gasteiger partial charge in [0.2, 0.25) is 11.8 Å². The highest BCUT2D eigenvalue weighted by Gasteiger charge is 2.48. The lowest BCUT2D eigenvalue weighted by atomic mass is 9.63. The molecule has 2 N–H and O–H groups in total. The van der Waals surface area contributed by atoms with Crippen molar-refractivity contribution in [2.24, 2.45) is 23.7 Å². The molecule has 10 heteroatoms. The molecule has 0 spiro atoms. The first-order valence-electron chi connectivity index (χ1n) is 16.7. The van der Waals surface area contributed by atoms with Crippen molar-refractivity contribution in [2.75, 3.05) is 13.1 Å². The zero-order valence-electron chi connectivity index (χ0n) is 26.8. The van der Waals surface area contributed by atoms with E-state index in [2.05, 4.69) is 28.8 Å². The number of halogens is 6. The molecule has 0 aromatic heterocycles. The third kappa shape index (κ3) is 7.18. The highest BCUT2D eigenvalue weighted by Crippen LogP contribution is 2.53. The Morgan fingerprint density at radius 3 is 1.56 bits per heavy atom. The molecule has 4 aromatic carbocycles. The average molecular weight is 787 g/mol. The molecule has 8 atom stereocenters. The average Bonchev–Trinajstić information content (AvgIpc) is 3.67. The number of hydrogen-bond donors (Lipinski definition) is 2. The molecular weight excluding hydrogens is 753 g/mol. The Hall–Kier alpha value is -2.70. The van der Waals surface area contributed by atoms with Gasteiger partial charge in [-0.15, -0.1) is 0 Å². The van der Waals surface area contributed by atoms with Crippen LogP contribution in [0.5, 0.6) is 0 Å². The van der Waals surface area contributed by atoms with E-state index in [-0.39, 0.29) is 53.2 Å². The van der Waals surface area contributed by atoms with Crippen molar-refractivity contribution in [3.63, 3.8) is 0 Å². The van der Waals surface area contributed by atoms with E-state index >= 15 is 0 Å². The van der Waals surface area contributed by atoms with E-state index in [4.69, 9.17) is 69.6 Å². The summed E-state index contributed by atoms with van der Waals surface area (Å²) in [5.41, 5.74) is 4.52. The lowest BCUT2D eigenvalue weighted by molar-refractivity contribution is -0.124. The van der Waals surface area contributed by atoms with Crippen LogP contribution in [0.25, 0.3) is 0 Å². The normalized spacial score (nSPS) is 28.2. The first-order chi connectivity index (χ1) is 24.1. The van der Waals surface area contributed by atoms with Crippen molar-refractivity contribution in [1.82, 2.24) is 10.6 Å². The van der Waals surface area contributed by atoms with Gasteiger partial charge in [-0.05, 0) is 107 Å². The fraction of sp³-hybridized carbons (Fsp3) is 0.300. The number of rotatable bonds is 4. The van der Waals surface area contributed by atoms with E-state index in [9.17, 15) is 9.59 Å². The maximum atomic E-state index is 12.2. The van der Waals surface area contributed by atoms with Crippen LogP contribution >= 0.6 is 69.6 Å². The van der Waals surface area contributed by atoms with Gasteiger partial charge in [0.05, 0.1) is 5.92 Å². The molecule has 4 nitrogen and oxygen atoms in total. The summed E-state index contributed by atoms with van der Waals surface area (Å²) in [6, 6.07) is 27.2. The highest BCUT2D eigenvalue weighted by molar-refractivity contribution is 6.35. The van der Waals surface area contributed by atoms with Crippen molar-refractivity contribution in [3.05, 3.63) is 149 Å². The Morgan fingerprint density at radius 2 is 0.960 bits per heavy atom. The summed E-state index contributed by atoms with van der Waals surface area (Å²) in [6.45, 7) is 1.36. The van der Waals surface area contributed by atoms with Gasteiger partial charge in [-0.25, -0.2) is 0 Å². The van der Waals surface area contributed by atoms with Gasteiger partial charge < -0.3 is 10.6 Å². The summed E-state index contributed by atoms with van der Waals surface area (Å²) >= 11 is 37.4. The van der Waals surface area contributed by atoms with Crippen molar-refractivity contribution in [1.29, 1.82) is 0 Å².